The Balaban J connectivity index is 1.31. The predicted molar refractivity (Wildman–Crippen MR) is 95.6 cm³/mol. The first-order chi connectivity index (χ1) is 13.3. The molecule has 2 aliphatic heterocycles. The quantitative estimate of drug-likeness (QED) is 0.567. The van der Waals surface area contributed by atoms with Gasteiger partial charge in [-0.2, -0.15) is 0 Å². The normalized spacial score (nSPS) is 20.3. The van der Waals surface area contributed by atoms with Crippen molar-refractivity contribution in [1.29, 1.82) is 0 Å². The lowest BCUT2D eigenvalue weighted by Crippen LogP contribution is -2.03. The van der Waals surface area contributed by atoms with E-state index in [1.54, 1.807) is 0 Å². The van der Waals surface area contributed by atoms with Crippen molar-refractivity contribution in [2.75, 3.05) is 26.4 Å². The second-order valence-corrected chi connectivity index (χ2v) is 6.50. The van der Waals surface area contributed by atoms with Gasteiger partial charge in [0.2, 0.25) is 11.8 Å². The second-order valence-electron chi connectivity index (χ2n) is 6.50. The van der Waals surface area contributed by atoms with Crippen LogP contribution < -0.4 is 9.47 Å². The van der Waals surface area contributed by atoms with Gasteiger partial charge in [0.1, 0.15) is 36.9 Å². The molecular formula is C20H18N2O5. The molecule has 5 rings (SSSR count). The van der Waals surface area contributed by atoms with E-state index in [2.05, 4.69) is 10.2 Å². The van der Waals surface area contributed by atoms with E-state index >= 15 is 0 Å². The predicted octanol–water partition coefficient (Wildman–Crippen LogP) is 2.96. The van der Waals surface area contributed by atoms with Crippen LogP contribution in [0.2, 0.25) is 0 Å². The molecule has 0 amide bonds. The van der Waals surface area contributed by atoms with Crippen LogP contribution in [-0.2, 0) is 9.47 Å². The molecule has 7 nitrogen and oxygen atoms in total. The SMILES string of the molecule is c1cc(OC[C@@H]2CO2)cc(-c2nnc(-c3cccc(OC[C@@H]4CO4)c3)o2)c1. The molecule has 0 saturated carbocycles. The summed E-state index contributed by atoms with van der Waals surface area (Å²) in [5.41, 5.74) is 1.61. The maximum atomic E-state index is 5.86. The number of hydrogen-bond donors (Lipinski definition) is 0. The smallest absolute Gasteiger partial charge is 0.248 e. The first-order valence-corrected chi connectivity index (χ1v) is 8.87. The molecule has 2 atom stereocenters. The molecule has 2 aliphatic rings. The molecule has 3 aromatic rings. The van der Waals surface area contributed by atoms with Crippen molar-refractivity contribution in [3.8, 4) is 34.4 Å². The molecule has 2 aromatic carbocycles. The Labute approximate surface area is 155 Å². The van der Waals surface area contributed by atoms with E-state index in [4.69, 9.17) is 23.4 Å². The zero-order valence-electron chi connectivity index (χ0n) is 14.5. The maximum Gasteiger partial charge on any atom is 0.248 e. The summed E-state index contributed by atoms with van der Waals surface area (Å²) < 4.78 is 27.6. The van der Waals surface area contributed by atoms with Gasteiger partial charge in [0, 0.05) is 11.1 Å². The van der Waals surface area contributed by atoms with Crippen LogP contribution in [-0.4, -0.2) is 48.8 Å². The summed E-state index contributed by atoms with van der Waals surface area (Å²) >= 11 is 0. The van der Waals surface area contributed by atoms with Crippen molar-refractivity contribution in [2.24, 2.45) is 0 Å². The summed E-state index contributed by atoms with van der Waals surface area (Å²) in [5, 5.41) is 8.34. The molecule has 0 radical (unpaired) electrons. The number of hydrogen-bond acceptors (Lipinski definition) is 7. The van der Waals surface area contributed by atoms with Crippen LogP contribution in [0.1, 0.15) is 0 Å². The summed E-state index contributed by atoms with van der Waals surface area (Å²) in [6.07, 6.45) is 0.425. The minimum atomic E-state index is 0.213. The minimum absolute atomic E-state index is 0.213. The number of epoxide rings is 2. The molecule has 3 heterocycles. The summed E-state index contributed by atoms with van der Waals surface area (Å²) in [7, 11) is 0. The number of rotatable bonds is 8. The molecule has 138 valence electrons. The van der Waals surface area contributed by atoms with Crippen molar-refractivity contribution in [2.45, 2.75) is 12.2 Å². The van der Waals surface area contributed by atoms with Gasteiger partial charge in [-0.3, -0.25) is 0 Å². The molecular weight excluding hydrogens is 348 g/mol. The molecule has 1 aromatic heterocycles. The van der Waals surface area contributed by atoms with Crippen molar-refractivity contribution in [3.05, 3.63) is 48.5 Å². The fourth-order valence-corrected chi connectivity index (χ4v) is 2.60. The molecule has 27 heavy (non-hydrogen) atoms. The van der Waals surface area contributed by atoms with Gasteiger partial charge in [0.15, 0.2) is 0 Å². The van der Waals surface area contributed by atoms with Crippen LogP contribution >= 0.6 is 0 Å². The van der Waals surface area contributed by atoms with Crippen LogP contribution in [0.3, 0.4) is 0 Å². The Kier molecular flexibility index (Phi) is 4.23. The van der Waals surface area contributed by atoms with Gasteiger partial charge in [-0.25, -0.2) is 0 Å². The Hall–Kier alpha value is -2.90. The molecule has 2 saturated heterocycles. The third-order valence-electron chi connectivity index (χ3n) is 4.26. The van der Waals surface area contributed by atoms with Crippen LogP contribution in [0.5, 0.6) is 11.5 Å². The highest BCUT2D eigenvalue weighted by atomic mass is 16.6. The van der Waals surface area contributed by atoms with Gasteiger partial charge in [-0.15, -0.1) is 10.2 Å². The molecule has 7 heteroatoms. The standard InChI is InChI=1S/C20H18N2O5/c1-3-13(7-15(5-1)23-9-17-11-25-17)19-21-22-20(27-19)14-4-2-6-16(8-14)24-10-18-12-26-18/h1-8,17-18H,9-12H2/t17-,18-/m1/s1. The monoisotopic (exact) mass is 366 g/mol. The van der Waals surface area contributed by atoms with Gasteiger partial charge < -0.3 is 23.4 Å². The van der Waals surface area contributed by atoms with Gasteiger partial charge in [-0.05, 0) is 36.4 Å². The molecule has 0 aliphatic carbocycles. The van der Waals surface area contributed by atoms with E-state index in [-0.39, 0.29) is 12.2 Å². The van der Waals surface area contributed by atoms with Gasteiger partial charge in [-0.1, -0.05) is 12.1 Å². The summed E-state index contributed by atoms with van der Waals surface area (Å²) in [6.45, 7) is 2.64. The molecule has 0 spiro atoms. The second kappa shape index (κ2) is 7.02. The third kappa shape index (κ3) is 4.10. The topological polar surface area (TPSA) is 82.4 Å². The fraction of sp³-hybridized carbons (Fsp3) is 0.300. The summed E-state index contributed by atoms with van der Waals surface area (Å²) in [5.74, 6) is 2.38. The Bertz CT molecular complexity index is 859. The Morgan fingerprint density at radius 3 is 1.70 bits per heavy atom. The number of ether oxygens (including phenoxy) is 4. The Morgan fingerprint density at radius 1 is 0.778 bits per heavy atom. The molecule has 0 N–H and O–H groups in total. The average Bonchev–Trinajstić information content (AvgIpc) is 3.64. The van der Waals surface area contributed by atoms with Crippen molar-refractivity contribution >= 4 is 0 Å². The first-order valence-electron chi connectivity index (χ1n) is 8.87. The van der Waals surface area contributed by atoms with Crippen LogP contribution in [0, 0.1) is 0 Å². The lowest BCUT2D eigenvalue weighted by Gasteiger charge is -2.05. The average molecular weight is 366 g/mol. The molecule has 0 bridgehead atoms. The third-order valence-corrected chi connectivity index (χ3v) is 4.26. The van der Waals surface area contributed by atoms with Crippen LogP contribution in [0.15, 0.2) is 52.9 Å². The van der Waals surface area contributed by atoms with Gasteiger partial charge in [0.25, 0.3) is 0 Å². The fourth-order valence-electron chi connectivity index (χ4n) is 2.60. The van der Waals surface area contributed by atoms with E-state index in [1.165, 1.54) is 0 Å². The lowest BCUT2D eigenvalue weighted by molar-refractivity contribution is 0.263. The van der Waals surface area contributed by atoms with Crippen molar-refractivity contribution in [3.63, 3.8) is 0 Å². The largest absolute Gasteiger partial charge is 0.491 e. The number of nitrogens with zero attached hydrogens (tertiary/aromatic N) is 2. The van der Waals surface area contributed by atoms with Crippen molar-refractivity contribution < 1.29 is 23.4 Å². The zero-order chi connectivity index (χ0) is 18.1. The highest BCUT2D eigenvalue weighted by Crippen LogP contribution is 2.28. The van der Waals surface area contributed by atoms with Gasteiger partial charge in [0.05, 0.1) is 13.2 Å². The maximum absolute atomic E-state index is 5.86. The molecule has 0 unspecified atom stereocenters. The lowest BCUT2D eigenvalue weighted by atomic mass is 10.2. The summed E-state index contributed by atoms with van der Waals surface area (Å²) in [4.78, 5) is 0. The van der Waals surface area contributed by atoms with E-state index in [9.17, 15) is 0 Å². The Morgan fingerprint density at radius 2 is 1.26 bits per heavy atom. The van der Waals surface area contributed by atoms with Crippen molar-refractivity contribution in [1.82, 2.24) is 10.2 Å². The van der Waals surface area contributed by atoms with E-state index in [0.717, 1.165) is 35.8 Å². The number of aromatic nitrogens is 2. The van der Waals surface area contributed by atoms with Gasteiger partial charge >= 0.3 is 0 Å². The van der Waals surface area contributed by atoms with E-state index in [0.29, 0.717) is 25.0 Å². The van der Waals surface area contributed by atoms with Crippen LogP contribution in [0.4, 0.5) is 0 Å². The van der Waals surface area contributed by atoms with E-state index in [1.807, 2.05) is 48.5 Å². The summed E-state index contributed by atoms with van der Waals surface area (Å²) in [6, 6.07) is 15.2. The van der Waals surface area contributed by atoms with Crippen LogP contribution in [0.25, 0.3) is 22.9 Å². The van der Waals surface area contributed by atoms with E-state index < -0.39 is 0 Å². The zero-order valence-corrected chi connectivity index (χ0v) is 14.5. The minimum Gasteiger partial charge on any atom is -0.491 e. The first kappa shape index (κ1) is 16.3. The molecule has 2 fully saturated rings. The highest BCUT2D eigenvalue weighted by Gasteiger charge is 2.24. The highest BCUT2D eigenvalue weighted by molar-refractivity contribution is 5.60. The number of benzene rings is 2.